The fraction of sp³-hybridized carbons (Fsp3) is 0.400. The number of aromatic nitrogens is 2. The second-order valence-corrected chi connectivity index (χ2v) is 7.10. The molecule has 0 unspecified atom stereocenters. The van der Waals surface area contributed by atoms with E-state index in [0.717, 1.165) is 0 Å². The lowest BCUT2D eigenvalue weighted by Gasteiger charge is -2.31. The van der Waals surface area contributed by atoms with Crippen LogP contribution in [0.3, 0.4) is 0 Å². The molecule has 1 aromatic heterocycles. The van der Waals surface area contributed by atoms with E-state index in [9.17, 15) is 14.4 Å². The number of H-pyrrole nitrogens is 1. The van der Waals surface area contributed by atoms with Gasteiger partial charge >= 0.3 is 5.97 Å². The van der Waals surface area contributed by atoms with Crippen molar-refractivity contribution in [3.63, 3.8) is 0 Å². The molecule has 0 saturated carbocycles. The highest BCUT2D eigenvalue weighted by Crippen LogP contribution is 2.21. The van der Waals surface area contributed by atoms with E-state index in [1.165, 1.54) is 4.57 Å². The molecule has 8 heteroatoms. The van der Waals surface area contributed by atoms with Crippen LogP contribution >= 0.6 is 12.2 Å². The van der Waals surface area contributed by atoms with E-state index < -0.39 is 0 Å². The topological polar surface area (TPSA) is 84.4 Å². The van der Waals surface area contributed by atoms with Crippen LogP contribution < -0.4 is 5.56 Å². The lowest BCUT2D eigenvalue weighted by Crippen LogP contribution is -2.40. The maximum Gasteiger partial charge on any atom is 0.309 e. The molecule has 1 aliphatic heterocycles. The number of aromatic amines is 1. The highest BCUT2D eigenvalue weighted by atomic mass is 32.1. The van der Waals surface area contributed by atoms with Gasteiger partial charge in [-0.2, -0.15) is 0 Å². The standard InChI is InChI=1S/C20H23N3O4S/c1-3-9-23-18(25)15-6-5-14(12-16(15)21-20(23)28)17(24)22-10-7-13(8-11-22)19(26)27-4-2/h3,5-6,12-13H,1,4,7-11H2,2H3,(H,21,28). The number of nitrogens with zero attached hydrogens (tertiary/aromatic N) is 2. The number of fused-ring (bicyclic) bond motifs is 1. The van der Waals surface area contributed by atoms with Crippen molar-refractivity contribution >= 4 is 35.0 Å². The molecule has 1 aliphatic rings. The van der Waals surface area contributed by atoms with Crippen molar-refractivity contribution < 1.29 is 14.3 Å². The third-order valence-electron chi connectivity index (χ3n) is 4.94. The molecule has 7 nitrogen and oxygen atoms in total. The maximum absolute atomic E-state index is 12.9. The molecule has 0 radical (unpaired) electrons. The summed E-state index contributed by atoms with van der Waals surface area (Å²) in [5, 5.41) is 0.466. The van der Waals surface area contributed by atoms with Gasteiger partial charge in [0.1, 0.15) is 0 Å². The Kier molecular flexibility index (Phi) is 6.08. The van der Waals surface area contributed by atoms with E-state index in [0.29, 0.717) is 55.5 Å². The average Bonchev–Trinajstić information content (AvgIpc) is 2.70. The molecule has 1 N–H and O–H groups in total. The van der Waals surface area contributed by atoms with Gasteiger partial charge in [-0.15, -0.1) is 6.58 Å². The molecule has 1 fully saturated rings. The second-order valence-electron chi connectivity index (χ2n) is 6.71. The monoisotopic (exact) mass is 401 g/mol. The Morgan fingerprint density at radius 3 is 2.71 bits per heavy atom. The summed E-state index contributed by atoms with van der Waals surface area (Å²) in [7, 11) is 0. The number of likely N-dealkylation sites (tertiary alicyclic amines) is 1. The van der Waals surface area contributed by atoms with Crippen LogP contribution in [-0.4, -0.2) is 46.0 Å². The van der Waals surface area contributed by atoms with Crippen LogP contribution in [0.2, 0.25) is 0 Å². The first-order valence-electron chi connectivity index (χ1n) is 9.30. The lowest BCUT2D eigenvalue weighted by atomic mass is 9.96. The number of piperidine rings is 1. The summed E-state index contributed by atoms with van der Waals surface area (Å²) in [4.78, 5) is 42.0. The van der Waals surface area contributed by atoms with Gasteiger partial charge in [-0.05, 0) is 50.2 Å². The molecule has 2 heterocycles. The van der Waals surface area contributed by atoms with Gasteiger partial charge in [0.25, 0.3) is 11.5 Å². The van der Waals surface area contributed by atoms with Gasteiger partial charge in [-0.3, -0.25) is 19.0 Å². The summed E-state index contributed by atoms with van der Waals surface area (Å²) >= 11 is 5.25. The van der Waals surface area contributed by atoms with E-state index in [2.05, 4.69) is 11.6 Å². The Morgan fingerprint density at radius 1 is 1.36 bits per heavy atom. The number of esters is 1. The average molecular weight is 401 g/mol. The van der Waals surface area contributed by atoms with Crippen LogP contribution in [0.4, 0.5) is 0 Å². The first-order chi connectivity index (χ1) is 13.5. The van der Waals surface area contributed by atoms with Crippen molar-refractivity contribution in [2.45, 2.75) is 26.3 Å². The van der Waals surface area contributed by atoms with E-state index in [1.54, 1.807) is 36.1 Å². The molecule has 3 rings (SSSR count). The number of nitrogens with one attached hydrogen (secondary N) is 1. The summed E-state index contributed by atoms with van der Waals surface area (Å²) in [5.74, 6) is -0.470. The van der Waals surface area contributed by atoms with Gasteiger partial charge in [0.05, 0.1) is 23.4 Å². The van der Waals surface area contributed by atoms with Gasteiger partial charge in [0, 0.05) is 25.2 Å². The van der Waals surface area contributed by atoms with Crippen LogP contribution in [0, 0.1) is 10.7 Å². The smallest absolute Gasteiger partial charge is 0.309 e. The highest BCUT2D eigenvalue weighted by Gasteiger charge is 2.28. The third kappa shape index (κ3) is 3.91. The second kappa shape index (κ2) is 8.52. The Labute approximate surface area is 167 Å². The summed E-state index contributed by atoms with van der Waals surface area (Å²) in [6, 6.07) is 4.95. The summed E-state index contributed by atoms with van der Waals surface area (Å²) in [6.45, 7) is 7.10. The van der Waals surface area contributed by atoms with Crippen LogP contribution in [0.25, 0.3) is 10.9 Å². The number of benzene rings is 1. The number of hydrogen-bond donors (Lipinski definition) is 1. The fourth-order valence-corrected chi connectivity index (χ4v) is 3.71. The molecule has 1 amide bonds. The van der Waals surface area contributed by atoms with Crippen LogP contribution in [0.5, 0.6) is 0 Å². The first kappa shape index (κ1) is 20.0. The molecule has 1 aromatic carbocycles. The third-order valence-corrected chi connectivity index (χ3v) is 5.27. The van der Waals surface area contributed by atoms with Crippen molar-refractivity contribution in [1.82, 2.24) is 14.5 Å². The van der Waals surface area contributed by atoms with Crippen molar-refractivity contribution in [2.75, 3.05) is 19.7 Å². The van der Waals surface area contributed by atoms with Gasteiger partial charge in [-0.25, -0.2) is 0 Å². The summed E-state index contributed by atoms with van der Waals surface area (Å²) in [5.41, 5.74) is 0.795. The van der Waals surface area contributed by atoms with Crippen molar-refractivity contribution in [3.05, 3.63) is 51.5 Å². The van der Waals surface area contributed by atoms with Gasteiger partial charge in [0.2, 0.25) is 0 Å². The lowest BCUT2D eigenvalue weighted by molar-refractivity contribution is -0.149. The van der Waals surface area contributed by atoms with Crippen LogP contribution in [0.15, 0.2) is 35.6 Å². The first-order valence-corrected chi connectivity index (χ1v) is 9.70. The zero-order valence-electron chi connectivity index (χ0n) is 15.8. The predicted octanol–water partition coefficient (Wildman–Crippen LogP) is 2.66. The number of hydrogen-bond acceptors (Lipinski definition) is 5. The van der Waals surface area contributed by atoms with E-state index >= 15 is 0 Å². The molecule has 1 saturated heterocycles. The zero-order chi connectivity index (χ0) is 20.3. The van der Waals surface area contributed by atoms with E-state index in [4.69, 9.17) is 17.0 Å². The molecule has 0 atom stereocenters. The Morgan fingerprint density at radius 2 is 2.07 bits per heavy atom. The van der Waals surface area contributed by atoms with Crippen molar-refractivity contribution in [3.8, 4) is 0 Å². The maximum atomic E-state index is 12.9. The highest BCUT2D eigenvalue weighted by molar-refractivity contribution is 7.71. The SMILES string of the molecule is C=CCn1c(=S)[nH]c2cc(C(=O)N3CCC(C(=O)OCC)CC3)ccc2c1=O. The Hall–Kier alpha value is -2.74. The number of allylic oxidation sites excluding steroid dienone is 1. The van der Waals surface area contributed by atoms with E-state index in [-0.39, 0.29) is 28.1 Å². The number of carbonyl (C=O) groups excluding carboxylic acids is 2. The molecular weight excluding hydrogens is 378 g/mol. The van der Waals surface area contributed by atoms with Crippen LogP contribution in [-0.2, 0) is 16.1 Å². The fourth-order valence-electron chi connectivity index (χ4n) is 3.44. The zero-order valence-corrected chi connectivity index (χ0v) is 16.6. The van der Waals surface area contributed by atoms with Crippen LogP contribution in [0.1, 0.15) is 30.1 Å². The number of amides is 1. The largest absolute Gasteiger partial charge is 0.466 e. The van der Waals surface area contributed by atoms with Gasteiger partial charge in [0.15, 0.2) is 4.77 Å². The minimum atomic E-state index is -0.215. The van der Waals surface area contributed by atoms with Gasteiger partial charge in [-0.1, -0.05) is 6.08 Å². The molecule has 0 bridgehead atoms. The van der Waals surface area contributed by atoms with Crippen molar-refractivity contribution in [1.29, 1.82) is 0 Å². The molecular formula is C20H23N3O4S. The number of rotatable bonds is 5. The Balaban J connectivity index is 1.81. The molecule has 148 valence electrons. The van der Waals surface area contributed by atoms with Crippen molar-refractivity contribution in [2.24, 2.45) is 5.92 Å². The molecule has 2 aromatic rings. The normalized spacial score (nSPS) is 14.8. The Bertz CT molecular complexity index is 1030. The summed E-state index contributed by atoms with van der Waals surface area (Å²) in [6.07, 6.45) is 2.79. The summed E-state index contributed by atoms with van der Waals surface area (Å²) < 4.78 is 6.78. The molecule has 0 spiro atoms. The minimum absolute atomic E-state index is 0.126. The predicted molar refractivity (Wildman–Crippen MR) is 109 cm³/mol. The van der Waals surface area contributed by atoms with Gasteiger partial charge < -0.3 is 14.6 Å². The number of carbonyl (C=O) groups is 2. The quantitative estimate of drug-likeness (QED) is 0.473. The molecule has 0 aliphatic carbocycles. The minimum Gasteiger partial charge on any atom is -0.466 e. The van der Waals surface area contributed by atoms with E-state index in [1.807, 2.05) is 0 Å². The molecule has 28 heavy (non-hydrogen) atoms. The number of ether oxygens (including phenoxy) is 1.